The Bertz CT molecular complexity index is 506. The van der Waals surface area contributed by atoms with Crippen molar-refractivity contribution in [3.63, 3.8) is 0 Å². The molecule has 1 aromatic carbocycles. The van der Waals surface area contributed by atoms with E-state index >= 15 is 0 Å². The Hall–Kier alpha value is -1.54. The molecule has 1 aliphatic rings. The monoisotopic (exact) mass is 293 g/mol. The van der Waals surface area contributed by atoms with Gasteiger partial charge in [0.15, 0.2) is 6.10 Å². The standard InChI is InChI=1S/C15H16ClNO3/c1-2-7-17(10-12-5-3-4-6-13(12)16)15(18)14-11-19-8-9-20-14/h1,3-6,14H,7-11H2/t14-/m1/s1. The van der Waals surface area contributed by atoms with Crippen molar-refractivity contribution in [1.82, 2.24) is 4.90 Å². The summed E-state index contributed by atoms with van der Waals surface area (Å²) in [5.41, 5.74) is 0.856. The Morgan fingerprint density at radius 3 is 2.90 bits per heavy atom. The zero-order valence-electron chi connectivity index (χ0n) is 11.0. The third-order valence-electron chi connectivity index (χ3n) is 3.00. The first-order chi connectivity index (χ1) is 9.72. The van der Waals surface area contributed by atoms with Crippen molar-refractivity contribution >= 4 is 17.5 Å². The highest BCUT2D eigenvalue weighted by molar-refractivity contribution is 6.31. The van der Waals surface area contributed by atoms with Crippen LogP contribution in [0, 0.1) is 12.3 Å². The highest BCUT2D eigenvalue weighted by Crippen LogP contribution is 2.18. The van der Waals surface area contributed by atoms with Crippen LogP contribution in [0.4, 0.5) is 0 Å². The van der Waals surface area contributed by atoms with E-state index in [1.807, 2.05) is 18.2 Å². The van der Waals surface area contributed by atoms with E-state index in [4.69, 9.17) is 27.5 Å². The lowest BCUT2D eigenvalue weighted by atomic mass is 10.2. The lowest BCUT2D eigenvalue weighted by molar-refractivity contribution is -0.157. The van der Waals surface area contributed by atoms with Crippen LogP contribution in [0.1, 0.15) is 5.56 Å². The molecule has 0 aromatic heterocycles. The van der Waals surface area contributed by atoms with Crippen LogP contribution in [0.2, 0.25) is 5.02 Å². The quantitative estimate of drug-likeness (QED) is 0.794. The predicted octanol–water partition coefficient (Wildman–Crippen LogP) is 1.72. The Labute approximate surface area is 123 Å². The first-order valence-corrected chi connectivity index (χ1v) is 6.75. The normalized spacial score (nSPS) is 18.3. The molecule has 0 aliphatic carbocycles. The number of amides is 1. The molecule has 1 amide bonds. The molecule has 0 radical (unpaired) electrons. The zero-order valence-corrected chi connectivity index (χ0v) is 11.8. The molecule has 2 rings (SSSR count). The van der Waals surface area contributed by atoms with Gasteiger partial charge in [0.1, 0.15) is 0 Å². The van der Waals surface area contributed by atoms with Crippen LogP contribution in [-0.4, -0.2) is 43.3 Å². The van der Waals surface area contributed by atoms with Gasteiger partial charge in [0.25, 0.3) is 5.91 Å². The lowest BCUT2D eigenvalue weighted by Crippen LogP contribution is -2.45. The molecular weight excluding hydrogens is 278 g/mol. The van der Waals surface area contributed by atoms with E-state index in [2.05, 4.69) is 5.92 Å². The summed E-state index contributed by atoms with van der Waals surface area (Å²) in [7, 11) is 0. The smallest absolute Gasteiger partial charge is 0.255 e. The summed E-state index contributed by atoms with van der Waals surface area (Å²) in [6, 6.07) is 7.38. The fourth-order valence-corrected chi connectivity index (χ4v) is 2.18. The van der Waals surface area contributed by atoms with Crippen molar-refractivity contribution in [2.75, 3.05) is 26.4 Å². The summed E-state index contributed by atoms with van der Waals surface area (Å²) >= 11 is 6.11. The van der Waals surface area contributed by atoms with E-state index < -0.39 is 6.10 Å². The first kappa shape index (κ1) is 14.9. The van der Waals surface area contributed by atoms with Crippen LogP contribution in [0.15, 0.2) is 24.3 Å². The number of nitrogens with zero attached hydrogens (tertiary/aromatic N) is 1. The summed E-state index contributed by atoms with van der Waals surface area (Å²) in [6.45, 7) is 1.78. The third kappa shape index (κ3) is 3.73. The van der Waals surface area contributed by atoms with Crippen LogP contribution >= 0.6 is 11.6 Å². The Morgan fingerprint density at radius 1 is 1.45 bits per heavy atom. The molecular formula is C15H16ClNO3. The van der Waals surface area contributed by atoms with Gasteiger partial charge in [-0.2, -0.15) is 0 Å². The van der Waals surface area contributed by atoms with E-state index in [1.165, 1.54) is 0 Å². The zero-order chi connectivity index (χ0) is 14.4. The maximum atomic E-state index is 12.4. The average Bonchev–Trinajstić information content (AvgIpc) is 2.49. The molecule has 0 saturated carbocycles. The minimum atomic E-state index is -0.584. The molecule has 0 bridgehead atoms. The van der Waals surface area contributed by atoms with Crippen molar-refractivity contribution < 1.29 is 14.3 Å². The Morgan fingerprint density at radius 2 is 2.25 bits per heavy atom. The largest absolute Gasteiger partial charge is 0.376 e. The average molecular weight is 294 g/mol. The first-order valence-electron chi connectivity index (χ1n) is 6.37. The molecule has 4 nitrogen and oxygen atoms in total. The summed E-state index contributed by atoms with van der Waals surface area (Å²) in [5.74, 6) is 2.33. The number of hydrogen-bond donors (Lipinski definition) is 0. The number of terminal acetylenes is 1. The van der Waals surface area contributed by atoms with Crippen molar-refractivity contribution in [1.29, 1.82) is 0 Å². The Balaban J connectivity index is 2.08. The second-order valence-corrected chi connectivity index (χ2v) is 4.83. The number of rotatable bonds is 4. The minimum absolute atomic E-state index is 0.164. The number of halogens is 1. The van der Waals surface area contributed by atoms with Crippen molar-refractivity contribution in [2.45, 2.75) is 12.6 Å². The van der Waals surface area contributed by atoms with Gasteiger partial charge < -0.3 is 14.4 Å². The van der Waals surface area contributed by atoms with E-state index in [0.29, 0.717) is 24.8 Å². The van der Waals surface area contributed by atoms with Gasteiger partial charge in [-0.1, -0.05) is 35.7 Å². The van der Waals surface area contributed by atoms with Crippen LogP contribution in [0.25, 0.3) is 0 Å². The summed E-state index contributed by atoms with van der Waals surface area (Å²) in [4.78, 5) is 13.9. The molecule has 0 unspecified atom stereocenters. The number of hydrogen-bond acceptors (Lipinski definition) is 3. The van der Waals surface area contributed by atoms with Crippen LogP contribution < -0.4 is 0 Å². The van der Waals surface area contributed by atoms with Crippen LogP contribution in [0.3, 0.4) is 0 Å². The minimum Gasteiger partial charge on any atom is -0.376 e. The fraction of sp³-hybridized carbons (Fsp3) is 0.400. The van der Waals surface area contributed by atoms with Gasteiger partial charge in [0.05, 0.1) is 26.4 Å². The molecule has 1 heterocycles. The molecule has 1 saturated heterocycles. The number of carbonyl (C=O) groups is 1. The van der Waals surface area contributed by atoms with E-state index in [-0.39, 0.29) is 19.1 Å². The molecule has 106 valence electrons. The molecule has 1 atom stereocenters. The van der Waals surface area contributed by atoms with Gasteiger partial charge in [-0.3, -0.25) is 4.79 Å². The topological polar surface area (TPSA) is 38.8 Å². The summed E-state index contributed by atoms with van der Waals surface area (Å²) < 4.78 is 10.7. The van der Waals surface area contributed by atoms with Gasteiger partial charge in [0.2, 0.25) is 0 Å². The van der Waals surface area contributed by atoms with E-state index in [1.54, 1.807) is 11.0 Å². The molecule has 0 N–H and O–H groups in total. The number of benzene rings is 1. The molecule has 1 fully saturated rings. The number of ether oxygens (including phenoxy) is 2. The maximum absolute atomic E-state index is 12.4. The van der Waals surface area contributed by atoms with Gasteiger partial charge >= 0.3 is 0 Å². The molecule has 1 aliphatic heterocycles. The maximum Gasteiger partial charge on any atom is 0.255 e. The highest BCUT2D eigenvalue weighted by atomic mass is 35.5. The second kappa shape index (κ2) is 7.30. The van der Waals surface area contributed by atoms with Gasteiger partial charge in [0, 0.05) is 11.6 Å². The van der Waals surface area contributed by atoms with Crippen molar-refractivity contribution in [3.8, 4) is 12.3 Å². The summed E-state index contributed by atoms with van der Waals surface area (Å²) in [6.07, 6.45) is 4.76. The van der Waals surface area contributed by atoms with E-state index in [0.717, 1.165) is 5.56 Å². The molecule has 5 heteroatoms. The van der Waals surface area contributed by atoms with Gasteiger partial charge in [-0.05, 0) is 11.6 Å². The lowest BCUT2D eigenvalue weighted by Gasteiger charge is -2.28. The molecule has 0 spiro atoms. The van der Waals surface area contributed by atoms with Crippen LogP contribution in [-0.2, 0) is 20.8 Å². The Kier molecular flexibility index (Phi) is 5.42. The van der Waals surface area contributed by atoms with Crippen molar-refractivity contribution in [2.24, 2.45) is 0 Å². The highest BCUT2D eigenvalue weighted by Gasteiger charge is 2.27. The van der Waals surface area contributed by atoms with Gasteiger partial charge in [-0.15, -0.1) is 6.42 Å². The predicted molar refractivity (Wildman–Crippen MR) is 76.3 cm³/mol. The SMILES string of the molecule is C#CCN(Cc1ccccc1Cl)C(=O)[C@H]1COCCO1. The second-order valence-electron chi connectivity index (χ2n) is 4.42. The third-order valence-corrected chi connectivity index (χ3v) is 3.37. The number of carbonyl (C=O) groups excluding carboxylic acids is 1. The van der Waals surface area contributed by atoms with Crippen molar-refractivity contribution in [3.05, 3.63) is 34.9 Å². The molecule has 20 heavy (non-hydrogen) atoms. The summed E-state index contributed by atoms with van der Waals surface area (Å²) in [5, 5.41) is 0.614. The van der Waals surface area contributed by atoms with Gasteiger partial charge in [-0.25, -0.2) is 0 Å². The molecule has 1 aromatic rings. The fourth-order valence-electron chi connectivity index (χ4n) is 1.99. The van der Waals surface area contributed by atoms with Crippen LogP contribution in [0.5, 0.6) is 0 Å². The van der Waals surface area contributed by atoms with E-state index in [9.17, 15) is 4.79 Å².